The molecule has 2 saturated heterocycles. The van der Waals surface area contributed by atoms with E-state index in [1.165, 1.54) is 4.90 Å². The second-order valence-electron chi connectivity index (χ2n) is 4.02. The van der Waals surface area contributed by atoms with Crippen LogP contribution < -0.4 is 5.32 Å². The zero-order valence-corrected chi connectivity index (χ0v) is 9.42. The number of rotatable bonds is 2. The summed E-state index contributed by atoms with van der Waals surface area (Å²) < 4.78 is 10.4. The van der Waals surface area contributed by atoms with Gasteiger partial charge in [0.05, 0.1) is 19.8 Å². The number of carbonyl (C=O) groups is 2. The molecule has 2 atom stereocenters. The van der Waals surface area contributed by atoms with Gasteiger partial charge in [0, 0.05) is 19.6 Å². The van der Waals surface area contributed by atoms with Crippen molar-refractivity contribution >= 4 is 11.9 Å². The first-order chi connectivity index (χ1) is 8.20. The third-order valence-electron chi connectivity index (χ3n) is 2.90. The molecule has 0 bridgehead atoms. The van der Waals surface area contributed by atoms with Crippen LogP contribution in [0.2, 0.25) is 0 Å². The van der Waals surface area contributed by atoms with Crippen molar-refractivity contribution < 1.29 is 24.2 Å². The summed E-state index contributed by atoms with van der Waals surface area (Å²) in [5.74, 6) is -1.31. The Bertz CT molecular complexity index is 303. The Hall–Kier alpha value is -1.18. The fourth-order valence-corrected chi connectivity index (χ4v) is 1.98. The molecule has 2 aliphatic heterocycles. The minimum absolute atomic E-state index is 0.0429. The number of morpholine rings is 2. The van der Waals surface area contributed by atoms with Gasteiger partial charge >= 0.3 is 5.97 Å². The standard InChI is InChI=1S/C10H16N2O5/c13-9(8-5-11-1-3-17-8)12-2-4-16-6-7(12)10(14)15/h7-8,11H,1-6H2,(H,14,15). The van der Waals surface area contributed by atoms with Crippen LogP contribution >= 0.6 is 0 Å². The van der Waals surface area contributed by atoms with Gasteiger partial charge in [-0.15, -0.1) is 0 Å². The van der Waals surface area contributed by atoms with E-state index in [0.717, 1.165) is 6.54 Å². The van der Waals surface area contributed by atoms with E-state index in [1.807, 2.05) is 0 Å². The number of ether oxygens (including phenoxy) is 2. The summed E-state index contributed by atoms with van der Waals surface area (Å²) in [6.45, 7) is 2.34. The fraction of sp³-hybridized carbons (Fsp3) is 0.800. The molecular formula is C10H16N2O5. The summed E-state index contributed by atoms with van der Waals surface area (Å²) >= 11 is 0. The molecule has 0 aromatic carbocycles. The van der Waals surface area contributed by atoms with Gasteiger partial charge in [-0.3, -0.25) is 4.79 Å². The van der Waals surface area contributed by atoms with Crippen molar-refractivity contribution in [1.29, 1.82) is 0 Å². The average molecular weight is 244 g/mol. The van der Waals surface area contributed by atoms with Crippen LogP contribution in [-0.2, 0) is 19.1 Å². The molecule has 2 unspecified atom stereocenters. The van der Waals surface area contributed by atoms with Gasteiger partial charge in [-0.1, -0.05) is 0 Å². The Morgan fingerprint density at radius 3 is 2.82 bits per heavy atom. The maximum atomic E-state index is 12.1. The number of hydrogen-bond donors (Lipinski definition) is 2. The molecule has 17 heavy (non-hydrogen) atoms. The summed E-state index contributed by atoms with van der Waals surface area (Å²) in [7, 11) is 0. The molecule has 7 nitrogen and oxygen atoms in total. The molecule has 0 aromatic heterocycles. The van der Waals surface area contributed by atoms with Crippen molar-refractivity contribution in [3.05, 3.63) is 0 Å². The van der Waals surface area contributed by atoms with Crippen molar-refractivity contribution in [1.82, 2.24) is 10.2 Å². The highest BCUT2D eigenvalue weighted by Crippen LogP contribution is 2.11. The minimum atomic E-state index is -1.04. The van der Waals surface area contributed by atoms with Crippen LogP contribution in [0.25, 0.3) is 0 Å². The molecule has 96 valence electrons. The molecular weight excluding hydrogens is 228 g/mol. The second kappa shape index (κ2) is 5.44. The first-order valence-electron chi connectivity index (χ1n) is 5.63. The maximum Gasteiger partial charge on any atom is 0.328 e. The van der Waals surface area contributed by atoms with Crippen LogP contribution in [0.1, 0.15) is 0 Å². The number of nitrogens with one attached hydrogen (secondary N) is 1. The van der Waals surface area contributed by atoms with Gasteiger partial charge in [-0.25, -0.2) is 4.79 Å². The Morgan fingerprint density at radius 1 is 1.35 bits per heavy atom. The van der Waals surface area contributed by atoms with Crippen LogP contribution in [0.5, 0.6) is 0 Å². The van der Waals surface area contributed by atoms with E-state index in [9.17, 15) is 9.59 Å². The molecule has 2 heterocycles. The van der Waals surface area contributed by atoms with Crippen molar-refractivity contribution in [3.63, 3.8) is 0 Å². The zero-order chi connectivity index (χ0) is 12.3. The molecule has 0 radical (unpaired) electrons. The molecule has 1 amide bonds. The molecule has 2 aliphatic rings. The lowest BCUT2D eigenvalue weighted by molar-refractivity contribution is -0.165. The Balaban J connectivity index is 2.02. The van der Waals surface area contributed by atoms with Crippen LogP contribution in [0.3, 0.4) is 0 Å². The van der Waals surface area contributed by atoms with E-state index in [4.69, 9.17) is 14.6 Å². The molecule has 2 N–H and O–H groups in total. The lowest BCUT2D eigenvalue weighted by Gasteiger charge is -2.36. The Labute approximate surface area is 98.7 Å². The summed E-state index contributed by atoms with van der Waals surface area (Å²) in [6.07, 6.45) is -0.580. The molecule has 0 saturated carbocycles. The van der Waals surface area contributed by atoms with Gasteiger partial charge in [0.15, 0.2) is 6.04 Å². The van der Waals surface area contributed by atoms with Crippen LogP contribution in [0.4, 0.5) is 0 Å². The Morgan fingerprint density at radius 2 is 2.18 bits per heavy atom. The van der Waals surface area contributed by atoms with E-state index >= 15 is 0 Å². The third-order valence-corrected chi connectivity index (χ3v) is 2.90. The predicted octanol–water partition coefficient (Wildman–Crippen LogP) is -1.71. The summed E-state index contributed by atoms with van der Waals surface area (Å²) in [6, 6.07) is -0.901. The van der Waals surface area contributed by atoms with Gasteiger partial charge in [0.2, 0.25) is 0 Å². The van der Waals surface area contributed by atoms with Crippen molar-refractivity contribution in [2.45, 2.75) is 12.1 Å². The SMILES string of the molecule is O=C(O)C1COCCN1C(=O)C1CNCCO1. The smallest absolute Gasteiger partial charge is 0.328 e. The molecule has 2 rings (SSSR count). The van der Waals surface area contributed by atoms with Crippen molar-refractivity contribution in [3.8, 4) is 0 Å². The van der Waals surface area contributed by atoms with E-state index < -0.39 is 18.1 Å². The average Bonchev–Trinajstić information content (AvgIpc) is 2.39. The fourth-order valence-electron chi connectivity index (χ4n) is 1.98. The monoisotopic (exact) mass is 244 g/mol. The summed E-state index contributed by atoms with van der Waals surface area (Å²) in [4.78, 5) is 24.5. The molecule has 0 aromatic rings. The predicted molar refractivity (Wildman–Crippen MR) is 56.6 cm³/mol. The van der Waals surface area contributed by atoms with Crippen molar-refractivity contribution in [2.24, 2.45) is 0 Å². The molecule has 0 aliphatic carbocycles. The number of carbonyl (C=O) groups excluding carboxylic acids is 1. The highest BCUT2D eigenvalue weighted by molar-refractivity contribution is 5.87. The van der Waals surface area contributed by atoms with Crippen molar-refractivity contribution in [2.75, 3.05) is 39.5 Å². The number of hydrogen-bond acceptors (Lipinski definition) is 5. The normalized spacial score (nSPS) is 30.0. The quantitative estimate of drug-likeness (QED) is 0.601. The summed E-state index contributed by atoms with van der Waals surface area (Å²) in [5, 5.41) is 12.1. The minimum Gasteiger partial charge on any atom is -0.480 e. The number of carboxylic acids is 1. The number of nitrogens with zero attached hydrogens (tertiary/aromatic N) is 1. The highest BCUT2D eigenvalue weighted by Gasteiger charge is 2.36. The number of amides is 1. The highest BCUT2D eigenvalue weighted by atomic mass is 16.5. The van der Waals surface area contributed by atoms with Gasteiger partial charge in [0.25, 0.3) is 5.91 Å². The van der Waals surface area contributed by atoms with E-state index in [1.54, 1.807) is 0 Å². The summed E-state index contributed by atoms with van der Waals surface area (Å²) in [5.41, 5.74) is 0. The molecule has 0 spiro atoms. The van der Waals surface area contributed by atoms with Crippen LogP contribution in [-0.4, -0.2) is 73.5 Å². The van der Waals surface area contributed by atoms with Gasteiger partial charge in [0.1, 0.15) is 6.10 Å². The first-order valence-corrected chi connectivity index (χ1v) is 5.63. The van der Waals surface area contributed by atoms with E-state index in [0.29, 0.717) is 26.3 Å². The maximum absolute atomic E-state index is 12.1. The lowest BCUT2D eigenvalue weighted by Crippen LogP contribution is -2.58. The number of aliphatic carboxylic acids is 1. The Kier molecular flexibility index (Phi) is 3.93. The van der Waals surface area contributed by atoms with Gasteiger partial charge in [-0.2, -0.15) is 0 Å². The first kappa shape index (κ1) is 12.3. The lowest BCUT2D eigenvalue weighted by atomic mass is 10.2. The molecule has 7 heteroatoms. The zero-order valence-electron chi connectivity index (χ0n) is 9.42. The van der Waals surface area contributed by atoms with Gasteiger partial charge < -0.3 is 24.8 Å². The van der Waals surface area contributed by atoms with E-state index in [2.05, 4.69) is 5.32 Å². The molecule has 2 fully saturated rings. The van der Waals surface area contributed by atoms with E-state index in [-0.39, 0.29) is 12.5 Å². The largest absolute Gasteiger partial charge is 0.480 e. The third kappa shape index (κ3) is 2.74. The van der Waals surface area contributed by atoms with Crippen LogP contribution in [0.15, 0.2) is 0 Å². The number of carboxylic acid groups (broad SMARTS) is 1. The second-order valence-corrected chi connectivity index (χ2v) is 4.02. The van der Waals surface area contributed by atoms with Crippen LogP contribution in [0, 0.1) is 0 Å². The van der Waals surface area contributed by atoms with Gasteiger partial charge in [-0.05, 0) is 0 Å². The topological polar surface area (TPSA) is 88.1 Å².